The summed E-state index contributed by atoms with van der Waals surface area (Å²) < 4.78 is 0. The van der Waals surface area contributed by atoms with E-state index < -0.39 is 0 Å². The van der Waals surface area contributed by atoms with Gasteiger partial charge < -0.3 is 5.32 Å². The first-order valence-corrected chi connectivity index (χ1v) is 8.18. The lowest BCUT2D eigenvalue weighted by Gasteiger charge is -2.05. The molecule has 1 aliphatic rings. The molecule has 0 amide bonds. The van der Waals surface area contributed by atoms with Gasteiger partial charge in [-0.05, 0) is 44.1 Å². The van der Waals surface area contributed by atoms with Gasteiger partial charge >= 0.3 is 0 Å². The van der Waals surface area contributed by atoms with Crippen molar-refractivity contribution in [3.05, 3.63) is 15.6 Å². The SMILES string of the molecule is CCCNCc1sc(CC2CC2)nc1CC(C)C. The Labute approximate surface area is 115 Å². The van der Waals surface area contributed by atoms with Gasteiger partial charge in [0.25, 0.3) is 0 Å². The zero-order valence-corrected chi connectivity index (χ0v) is 12.8. The second kappa shape index (κ2) is 6.67. The number of nitrogens with zero attached hydrogens (tertiary/aromatic N) is 1. The number of hydrogen-bond donors (Lipinski definition) is 1. The number of hydrogen-bond acceptors (Lipinski definition) is 3. The van der Waals surface area contributed by atoms with E-state index >= 15 is 0 Å². The summed E-state index contributed by atoms with van der Waals surface area (Å²) in [7, 11) is 0. The Morgan fingerprint density at radius 2 is 2.17 bits per heavy atom. The molecule has 3 heteroatoms. The standard InChI is InChI=1S/C15H26N2S/c1-4-7-16-10-14-13(8-11(2)3)17-15(18-14)9-12-5-6-12/h11-12,16H,4-10H2,1-3H3. The summed E-state index contributed by atoms with van der Waals surface area (Å²) in [4.78, 5) is 6.37. The lowest BCUT2D eigenvalue weighted by atomic mass is 10.1. The summed E-state index contributed by atoms with van der Waals surface area (Å²) >= 11 is 1.95. The summed E-state index contributed by atoms with van der Waals surface area (Å²) in [5, 5.41) is 4.89. The van der Waals surface area contributed by atoms with Crippen molar-refractivity contribution in [2.24, 2.45) is 11.8 Å². The Morgan fingerprint density at radius 3 is 2.78 bits per heavy atom. The van der Waals surface area contributed by atoms with Crippen LogP contribution in [0.4, 0.5) is 0 Å². The minimum Gasteiger partial charge on any atom is -0.312 e. The zero-order chi connectivity index (χ0) is 13.0. The predicted octanol–water partition coefficient (Wildman–Crippen LogP) is 3.79. The molecule has 2 nitrogen and oxygen atoms in total. The van der Waals surface area contributed by atoms with Crippen LogP contribution in [0.1, 0.15) is 55.6 Å². The van der Waals surface area contributed by atoms with Gasteiger partial charge in [0.1, 0.15) is 0 Å². The maximum absolute atomic E-state index is 4.89. The van der Waals surface area contributed by atoms with E-state index in [0.717, 1.165) is 25.4 Å². The largest absolute Gasteiger partial charge is 0.312 e. The molecule has 1 heterocycles. The molecule has 1 fully saturated rings. The van der Waals surface area contributed by atoms with Gasteiger partial charge in [-0.1, -0.05) is 20.8 Å². The molecule has 0 unspecified atom stereocenters. The lowest BCUT2D eigenvalue weighted by molar-refractivity contribution is 0.621. The topological polar surface area (TPSA) is 24.9 Å². The molecule has 102 valence electrons. The summed E-state index contributed by atoms with van der Waals surface area (Å²) in [6.07, 6.45) is 6.39. The van der Waals surface area contributed by atoms with Crippen LogP contribution >= 0.6 is 11.3 Å². The Hall–Kier alpha value is -0.410. The second-order valence-electron chi connectivity index (χ2n) is 5.90. The maximum atomic E-state index is 4.89. The van der Waals surface area contributed by atoms with Crippen molar-refractivity contribution in [1.82, 2.24) is 10.3 Å². The Bertz CT molecular complexity index is 367. The zero-order valence-electron chi connectivity index (χ0n) is 12.0. The summed E-state index contributed by atoms with van der Waals surface area (Å²) in [5.74, 6) is 1.64. The molecule has 0 spiro atoms. The van der Waals surface area contributed by atoms with Gasteiger partial charge in [-0.3, -0.25) is 0 Å². The molecule has 0 saturated heterocycles. The van der Waals surface area contributed by atoms with Gasteiger partial charge in [-0.15, -0.1) is 11.3 Å². The van der Waals surface area contributed by atoms with Gasteiger partial charge in [0.05, 0.1) is 10.7 Å². The molecule has 1 aromatic rings. The van der Waals surface area contributed by atoms with Crippen molar-refractivity contribution >= 4 is 11.3 Å². The first-order valence-electron chi connectivity index (χ1n) is 7.37. The fourth-order valence-corrected chi connectivity index (χ4v) is 3.34. The van der Waals surface area contributed by atoms with Crippen molar-refractivity contribution < 1.29 is 0 Å². The van der Waals surface area contributed by atoms with Gasteiger partial charge in [0.15, 0.2) is 0 Å². The van der Waals surface area contributed by atoms with Crippen molar-refractivity contribution in [3.8, 4) is 0 Å². The predicted molar refractivity (Wildman–Crippen MR) is 79.1 cm³/mol. The van der Waals surface area contributed by atoms with E-state index in [1.54, 1.807) is 0 Å². The number of aromatic nitrogens is 1. The summed E-state index contributed by atoms with van der Waals surface area (Å²) in [5.41, 5.74) is 1.36. The van der Waals surface area contributed by atoms with Crippen LogP contribution in [-0.4, -0.2) is 11.5 Å². The van der Waals surface area contributed by atoms with E-state index in [-0.39, 0.29) is 0 Å². The highest BCUT2D eigenvalue weighted by Crippen LogP contribution is 2.34. The maximum Gasteiger partial charge on any atom is 0.0934 e. The molecule has 1 aliphatic carbocycles. The van der Waals surface area contributed by atoms with E-state index in [9.17, 15) is 0 Å². The first-order chi connectivity index (χ1) is 8.69. The normalized spacial score (nSPS) is 15.6. The first kappa shape index (κ1) is 14.0. The molecule has 0 bridgehead atoms. The van der Waals surface area contributed by atoms with E-state index in [1.165, 1.54) is 41.3 Å². The second-order valence-corrected chi connectivity index (χ2v) is 7.07. The van der Waals surface area contributed by atoms with Gasteiger partial charge in [0, 0.05) is 17.8 Å². The number of rotatable bonds is 8. The third-order valence-corrected chi connectivity index (χ3v) is 4.42. The van der Waals surface area contributed by atoms with Crippen LogP contribution in [0.15, 0.2) is 0 Å². The molecule has 0 aromatic carbocycles. The minimum atomic E-state index is 0.700. The van der Waals surface area contributed by atoms with Crippen LogP contribution in [0, 0.1) is 11.8 Å². The Kier molecular flexibility index (Phi) is 5.19. The fourth-order valence-electron chi connectivity index (χ4n) is 2.16. The summed E-state index contributed by atoms with van der Waals surface area (Å²) in [6, 6.07) is 0. The molecule has 0 radical (unpaired) electrons. The number of nitrogens with one attached hydrogen (secondary N) is 1. The Morgan fingerprint density at radius 1 is 1.39 bits per heavy atom. The van der Waals surface area contributed by atoms with Crippen LogP contribution in [0.5, 0.6) is 0 Å². The van der Waals surface area contributed by atoms with Crippen molar-refractivity contribution in [2.45, 2.75) is 59.4 Å². The molecular formula is C15H26N2S. The lowest BCUT2D eigenvalue weighted by Crippen LogP contribution is -2.14. The number of thiazole rings is 1. The van der Waals surface area contributed by atoms with Crippen LogP contribution < -0.4 is 5.32 Å². The van der Waals surface area contributed by atoms with Crippen LogP contribution in [0.2, 0.25) is 0 Å². The molecule has 18 heavy (non-hydrogen) atoms. The fraction of sp³-hybridized carbons (Fsp3) is 0.800. The van der Waals surface area contributed by atoms with Crippen LogP contribution in [0.25, 0.3) is 0 Å². The van der Waals surface area contributed by atoms with Crippen molar-refractivity contribution in [1.29, 1.82) is 0 Å². The van der Waals surface area contributed by atoms with Gasteiger partial charge in [-0.2, -0.15) is 0 Å². The highest BCUT2D eigenvalue weighted by molar-refractivity contribution is 7.11. The van der Waals surface area contributed by atoms with E-state index in [1.807, 2.05) is 11.3 Å². The smallest absolute Gasteiger partial charge is 0.0934 e. The van der Waals surface area contributed by atoms with Crippen LogP contribution in [0.3, 0.4) is 0 Å². The highest BCUT2D eigenvalue weighted by Gasteiger charge is 2.24. The van der Waals surface area contributed by atoms with E-state index in [0.29, 0.717) is 5.92 Å². The Balaban J connectivity index is 1.99. The van der Waals surface area contributed by atoms with Crippen LogP contribution in [-0.2, 0) is 19.4 Å². The highest BCUT2D eigenvalue weighted by atomic mass is 32.1. The molecule has 2 rings (SSSR count). The molecule has 1 saturated carbocycles. The molecule has 1 aromatic heterocycles. The van der Waals surface area contributed by atoms with Crippen molar-refractivity contribution in [3.63, 3.8) is 0 Å². The van der Waals surface area contributed by atoms with E-state index in [4.69, 9.17) is 4.98 Å². The van der Waals surface area contributed by atoms with E-state index in [2.05, 4.69) is 26.1 Å². The summed E-state index contributed by atoms with van der Waals surface area (Å²) in [6.45, 7) is 8.90. The third-order valence-electron chi connectivity index (χ3n) is 3.30. The minimum absolute atomic E-state index is 0.700. The monoisotopic (exact) mass is 266 g/mol. The molecule has 0 aliphatic heterocycles. The average molecular weight is 266 g/mol. The van der Waals surface area contributed by atoms with Gasteiger partial charge in [0.2, 0.25) is 0 Å². The molecule has 0 atom stereocenters. The average Bonchev–Trinajstić information content (AvgIpc) is 3.03. The molecular weight excluding hydrogens is 240 g/mol. The third kappa shape index (κ3) is 4.36. The molecule has 1 N–H and O–H groups in total. The quantitative estimate of drug-likeness (QED) is 0.724. The van der Waals surface area contributed by atoms with Gasteiger partial charge in [-0.25, -0.2) is 4.98 Å². The van der Waals surface area contributed by atoms with Crippen molar-refractivity contribution in [2.75, 3.05) is 6.54 Å².